The molecule has 0 bridgehead atoms. The van der Waals surface area contributed by atoms with Crippen LogP contribution in [0.4, 0.5) is 0 Å². The number of methoxy groups -OCH3 is 1. The lowest BCUT2D eigenvalue weighted by molar-refractivity contribution is -0.301. The van der Waals surface area contributed by atoms with Crippen LogP contribution in [0.2, 0.25) is 0 Å². The molecule has 0 atom stereocenters. The Hall–Kier alpha value is -1.69. The van der Waals surface area contributed by atoms with Gasteiger partial charge in [-0.1, -0.05) is 11.8 Å². The molecule has 6 heteroatoms. The van der Waals surface area contributed by atoms with Gasteiger partial charge >= 0.3 is 0 Å². The normalized spacial score (nSPS) is 10.6. The van der Waals surface area contributed by atoms with Crippen LogP contribution >= 0.6 is 11.8 Å². The molecule has 0 saturated carbocycles. The number of aromatic nitrogens is 2. The van der Waals surface area contributed by atoms with Gasteiger partial charge in [0.25, 0.3) is 0 Å². The second-order valence-corrected chi connectivity index (χ2v) is 4.05. The first-order valence-electron chi connectivity index (χ1n) is 4.55. The number of aromatic amines is 1. The number of carbonyl (C=O) groups excluding carboxylic acids is 1. The SMILES string of the molecule is COc1ccc2nc(SCC(=O)[O-])[nH]c2c1. The van der Waals surface area contributed by atoms with Crippen LogP contribution in [-0.2, 0) is 4.79 Å². The smallest absolute Gasteiger partial charge is 0.166 e. The highest BCUT2D eigenvalue weighted by molar-refractivity contribution is 7.99. The average Bonchev–Trinajstić information content (AvgIpc) is 2.67. The van der Waals surface area contributed by atoms with Gasteiger partial charge in [-0.2, -0.15) is 0 Å². The molecule has 1 heterocycles. The Morgan fingerprint density at radius 1 is 1.62 bits per heavy atom. The number of imidazole rings is 1. The van der Waals surface area contributed by atoms with Gasteiger partial charge in [0.2, 0.25) is 0 Å². The first kappa shape index (κ1) is 10.8. The van der Waals surface area contributed by atoms with Crippen molar-refractivity contribution in [3.8, 4) is 5.75 Å². The predicted molar refractivity (Wildman–Crippen MR) is 58.4 cm³/mol. The number of hydrogen-bond donors (Lipinski definition) is 1. The fraction of sp³-hybridized carbons (Fsp3) is 0.200. The number of H-pyrrole nitrogens is 1. The van der Waals surface area contributed by atoms with Crippen LogP contribution in [0.25, 0.3) is 11.0 Å². The second kappa shape index (κ2) is 4.44. The molecular formula is C10H9N2O3S-. The van der Waals surface area contributed by atoms with Crippen molar-refractivity contribution < 1.29 is 14.6 Å². The van der Waals surface area contributed by atoms with E-state index < -0.39 is 5.97 Å². The Balaban J connectivity index is 2.25. The number of hydrogen-bond acceptors (Lipinski definition) is 5. The predicted octanol–water partition coefficient (Wildman–Crippen LogP) is 0.413. The van der Waals surface area contributed by atoms with Crippen LogP contribution in [-0.4, -0.2) is 28.8 Å². The van der Waals surface area contributed by atoms with E-state index in [9.17, 15) is 9.90 Å². The van der Waals surface area contributed by atoms with Gasteiger partial charge in [0, 0.05) is 11.8 Å². The lowest BCUT2D eigenvalue weighted by Crippen LogP contribution is -2.24. The number of carboxylic acid groups (broad SMARTS) is 1. The number of nitrogens with zero attached hydrogens (tertiary/aromatic N) is 1. The number of benzene rings is 1. The van der Waals surface area contributed by atoms with Gasteiger partial charge in [-0.25, -0.2) is 4.98 Å². The highest BCUT2D eigenvalue weighted by atomic mass is 32.2. The van der Waals surface area contributed by atoms with Gasteiger partial charge in [0.1, 0.15) is 5.75 Å². The highest BCUT2D eigenvalue weighted by Gasteiger charge is 2.04. The maximum absolute atomic E-state index is 10.3. The molecule has 0 amide bonds. The molecular weight excluding hydrogens is 228 g/mol. The summed E-state index contributed by atoms with van der Waals surface area (Å²) in [5.41, 5.74) is 1.60. The maximum atomic E-state index is 10.3. The van der Waals surface area contributed by atoms with Gasteiger partial charge in [0.15, 0.2) is 5.16 Å². The Morgan fingerprint density at radius 3 is 3.12 bits per heavy atom. The van der Waals surface area contributed by atoms with Crippen LogP contribution in [0, 0.1) is 0 Å². The average molecular weight is 237 g/mol. The minimum Gasteiger partial charge on any atom is -0.549 e. The summed E-state index contributed by atoms with van der Waals surface area (Å²) in [4.78, 5) is 17.5. The van der Waals surface area contributed by atoms with Crippen molar-refractivity contribution in [2.24, 2.45) is 0 Å². The quantitative estimate of drug-likeness (QED) is 0.779. The number of thioether (sulfide) groups is 1. The van der Waals surface area contributed by atoms with Crippen molar-refractivity contribution in [3.05, 3.63) is 18.2 Å². The maximum Gasteiger partial charge on any atom is 0.166 e. The standard InChI is InChI=1S/C10H10N2O3S/c1-15-6-2-3-7-8(4-6)12-10(11-7)16-5-9(13)14/h2-4H,5H2,1H3,(H,11,12)(H,13,14)/p-1. The van der Waals surface area contributed by atoms with Crippen LogP contribution in [0.15, 0.2) is 23.4 Å². The minimum absolute atomic E-state index is 0.114. The van der Waals surface area contributed by atoms with Crippen molar-refractivity contribution in [3.63, 3.8) is 0 Å². The Bertz CT molecular complexity index is 524. The summed E-state index contributed by atoms with van der Waals surface area (Å²) in [6.45, 7) is 0. The third-order valence-corrected chi connectivity index (χ3v) is 2.84. The van der Waals surface area contributed by atoms with E-state index in [-0.39, 0.29) is 5.75 Å². The van der Waals surface area contributed by atoms with Gasteiger partial charge in [-0.15, -0.1) is 0 Å². The van der Waals surface area contributed by atoms with E-state index in [4.69, 9.17) is 4.74 Å². The number of carbonyl (C=O) groups is 1. The summed E-state index contributed by atoms with van der Waals surface area (Å²) in [6, 6.07) is 5.43. The molecule has 1 N–H and O–H groups in total. The minimum atomic E-state index is -1.11. The Kier molecular flexibility index (Phi) is 3.00. The Morgan fingerprint density at radius 2 is 2.44 bits per heavy atom. The van der Waals surface area contributed by atoms with Crippen molar-refractivity contribution in [1.29, 1.82) is 0 Å². The van der Waals surface area contributed by atoms with Crippen molar-refractivity contribution in [1.82, 2.24) is 9.97 Å². The fourth-order valence-corrected chi connectivity index (χ4v) is 1.89. The van der Waals surface area contributed by atoms with Crippen LogP contribution in [0.3, 0.4) is 0 Å². The summed E-state index contributed by atoms with van der Waals surface area (Å²) in [6.07, 6.45) is 0. The molecule has 0 fully saturated rings. The van der Waals surface area contributed by atoms with Crippen LogP contribution < -0.4 is 9.84 Å². The zero-order valence-electron chi connectivity index (χ0n) is 8.52. The fourth-order valence-electron chi connectivity index (χ4n) is 1.29. The molecule has 2 aromatic rings. The molecule has 1 aromatic heterocycles. The summed E-state index contributed by atoms with van der Waals surface area (Å²) in [5, 5.41) is 10.9. The number of carboxylic acids is 1. The summed E-state index contributed by atoms with van der Waals surface area (Å²) >= 11 is 1.10. The molecule has 2 rings (SSSR count). The number of rotatable bonds is 4. The number of ether oxygens (including phenoxy) is 1. The molecule has 0 aliphatic rings. The molecule has 0 spiro atoms. The molecule has 0 radical (unpaired) electrons. The molecule has 0 aliphatic carbocycles. The molecule has 0 aliphatic heterocycles. The highest BCUT2D eigenvalue weighted by Crippen LogP contribution is 2.22. The molecule has 84 valence electrons. The second-order valence-electron chi connectivity index (χ2n) is 3.09. The molecule has 5 nitrogen and oxygen atoms in total. The van der Waals surface area contributed by atoms with Crippen molar-refractivity contribution >= 4 is 28.8 Å². The lowest BCUT2D eigenvalue weighted by atomic mass is 10.3. The van der Waals surface area contributed by atoms with Crippen LogP contribution in [0.1, 0.15) is 0 Å². The van der Waals surface area contributed by atoms with E-state index >= 15 is 0 Å². The zero-order valence-corrected chi connectivity index (χ0v) is 9.34. The molecule has 0 unspecified atom stereocenters. The van der Waals surface area contributed by atoms with E-state index in [1.165, 1.54) is 0 Å². The first-order valence-corrected chi connectivity index (χ1v) is 5.54. The van der Waals surface area contributed by atoms with Gasteiger partial charge in [-0.05, 0) is 12.1 Å². The third-order valence-electron chi connectivity index (χ3n) is 1.99. The van der Waals surface area contributed by atoms with Crippen molar-refractivity contribution in [2.45, 2.75) is 5.16 Å². The number of nitrogens with one attached hydrogen (secondary N) is 1. The molecule has 1 aromatic carbocycles. The largest absolute Gasteiger partial charge is 0.549 e. The van der Waals surface area contributed by atoms with Gasteiger partial charge in [0.05, 0.1) is 24.1 Å². The first-order chi connectivity index (χ1) is 7.69. The molecule has 16 heavy (non-hydrogen) atoms. The van der Waals surface area contributed by atoms with E-state index in [1.54, 1.807) is 13.2 Å². The third kappa shape index (κ3) is 2.27. The summed E-state index contributed by atoms with van der Waals surface area (Å²) < 4.78 is 5.07. The van der Waals surface area contributed by atoms with Crippen LogP contribution in [0.5, 0.6) is 5.75 Å². The van der Waals surface area contributed by atoms with Crippen molar-refractivity contribution in [2.75, 3.05) is 12.9 Å². The number of fused-ring (bicyclic) bond motifs is 1. The van der Waals surface area contributed by atoms with E-state index in [2.05, 4.69) is 9.97 Å². The summed E-state index contributed by atoms with van der Waals surface area (Å²) in [5.74, 6) is -0.493. The summed E-state index contributed by atoms with van der Waals surface area (Å²) in [7, 11) is 1.59. The van der Waals surface area contributed by atoms with E-state index in [0.29, 0.717) is 5.16 Å². The molecule has 0 saturated heterocycles. The Labute approximate surface area is 95.8 Å². The zero-order chi connectivity index (χ0) is 11.5. The van der Waals surface area contributed by atoms with Gasteiger partial charge in [-0.3, -0.25) is 0 Å². The number of aliphatic carboxylic acids is 1. The lowest BCUT2D eigenvalue weighted by Gasteiger charge is -1.97. The van der Waals surface area contributed by atoms with Gasteiger partial charge < -0.3 is 19.6 Å². The van der Waals surface area contributed by atoms with E-state index in [0.717, 1.165) is 28.5 Å². The monoisotopic (exact) mass is 237 g/mol. The van der Waals surface area contributed by atoms with E-state index in [1.807, 2.05) is 12.1 Å². The topological polar surface area (TPSA) is 78.0 Å².